The molecule has 4 heteroatoms. The van der Waals surface area contributed by atoms with E-state index in [9.17, 15) is 0 Å². The second-order valence-electron chi connectivity index (χ2n) is 2.67. The third-order valence-corrected chi connectivity index (χ3v) is 1.17. The van der Waals surface area contributed by atoms with Crippen molar-refractivity contribution in [2.45, 2.75) is 20.3 Å². The van der Waals surface area contributed by atoms with Crippen LogP contribution in [0.15, 0.2) is 20.5 Å². The van der Waals surface area contributed by atoms with Crippen molar-refractivity contribution < 1.29 is 0 Å². The molecule has 0 heterocycles. The Morgan fingerprint density at radius 3 is 2.36 bits per heavy atom. The zero-order chi connectivity index (χ0) is 8.53. The average Bonchev–Trinajstić information content (AvgIpc) is 1.96. The van der Waals surface area contributed by atoms with Gasteiger partial charge in [-0.3, -0.25) is 0 Å². The van der Waals surface area contributed by atoms with E-state index in [0.717, 1.165) is 13.0 Å². The average molecular weight is 156 g/mol. The topological polar surface area (TPSA) is 49.4 Å². The lowest BCUT2D eigenvalue weighted by molar-refractivity contribution is 0.584. The van der Waals surface area contributed by atoms with Gasteiger partial charge in [0.2, 0.25) is 0 Å². The minimum absolute atomic E-state index is 0.370. The largest absolute Gasteiger partial charge is 0.196 e. The first-order chi connectivity index (χ1) is 5.27. The second kappa shape index (κ2) is 7.31. The van der Waals surface area contributed by atoms with Crippen LogP contribution in [0.3, 0.4) is 0 Å². The molecule has 0 atom stereocenters. The van der Waals surface area contributed by atoms with Crippen molar-refractivity contribution >= 4 is 0 Å². The van der Waals surface area contributed by atoms with Crippen LogP contribution in [-0.2, 0) is 0 Å². The minimum atomic E-state index is 0.370. The summed E-state index contributed by atoms with van der Waals surface area (Å²) in [4.78, 5) is 0. The molecule has 11 heavy (non-hydrogen) atoms. The van der Waals surface area contributed by atoms with E-state index in [2.05, 4.69) is 34.3 Å². The summed E-state index contributed by atoms with van der Waals surface area (Å²) >= 11 is 0. The monoisotopic (exact) mass is 156 g/mol. The highest BCUT2D eigenvalue weighted by molar-refractivity contribution is 4.46. The molecule has 0 unspecified atom stereocenters. The van der Waals surface area contributed by atoms with Crippen LogP contribution >= 0.6 is 0 Å². The Bertz CT molecular complexity index is 128. The Morgan fingerprint density at radius 2 is 1.82 bits per heavy atom. The summed E-state index contributed by atoms with van der Waals surface area (Å²) < 4.78 is 0. The lowest BCUT2D eigenvalue weighted by atomic mass is 10.1. The first-order valence-corrected chi connectivity index (χ1v) is 3.86. The first-order valence-electron chi connectivity index (χ1n) is 3.86. The van der Waals surface area contributed by atoms with Crippen LogP contribution in [0.1, 0.15) is 20.3 Å². The zero-order valence-corrected chi connectivity index (χ0v) is 7.49. The van der Waals surface area contributed by atoms with Gasteiger partial charge in [-0.25, -0.2) is 0 Å². The quantitative estimate of drug-likeness (QED) is 0.549. The molecule has 0 saturated heterocycles. The molecular weight excluding hydrogens is 140 g/mol. The van der Waals surface area contributed by atoms with Gasteiger partial charge in [0.1, 0.15) is 0 Å². The van der Waals surface area contributed by atoms with E-state index in [1.807, 2.05) is 0 Å². The molecule has 64 valence electrons. The van der Waals surface area contributed by atoms with Crippen molar-refractivity contribution in [3.63, 3.8) is 0 Å². The molecule has 0 aliphatic carbocycles. The highest BCUT2D eigenvalue weighted by Crippen LogP contribution is 1.98. The summed E-state index contributed by atoms with van der Waals surface area (Å²) in [5.74, 6) is 0.696. The maximum absolute atomic E-state index is 3.92. The van der Waals surface area contributed by atoms with Gasteiger partial charge in [0.25, 0.3) is 0 Å². The molecule has 0 aromatic rings. The van der Waals surface area contributed by atoms with E-state index in [1.165, 1.54) is 0 Å². The third kappa shape index (κ3) is 9.20. The number of rotatable bonds is 5. The van der Waals surface area contributed by atoms with Gasteiger partial charge in [0, 0.05) is 7.05 Å². The Morgan fingerprint density at radius 1 is 1.09 bits per heavy atom. The SMILES string of the molecule is CN=NCN=NCCC(C)C. The van der Waals surface area contributed by atoms with E-state index in [-0.39, 0.29) is 0 Å². The standard InChI is InChI=1S/C7H16N4/c1-7(2)4-5-9-11-6-10-8-3/h7H,4-6H2,1-3H3. The first kappa shape index (κ1) is 10.2. The van der Waals surface area contributed by atoms with Crippen molar-refractivity contribution in [1.82, 2.24) is 0 Å². The Hall–Kier alpha value is -0.800. The van der Waals surface area contributed by atoms with Crippen molar-refractivity contribution in [3.05, 3.63) is 0 Å². The smallest absolute Gasteiger partial charge is 0.170 e. The van der Waals surface area contributed by atoms with Crippen molar-refractivity contribution in [2.75, 3.05) is 20.3 Å². The van der Waals surface area contributed by atoms with E-state index < -0.39 is 0 Å². The molecule has 0 radical (unpaired) electrons. The lowest BCUT2D eigenvalue weighted by Crippen LogP contribution is -1.89. The van der Waals surface area contributed by atoms with E-state index in [0.29, 0.717) is 12.6 Å². The summed E-state index contributed by atoms with van der Waals surface area (Å²) in [6.45, 7) is 5.51. The Kier molecular flexibility index (Phi) is 6.78. The van der Waals surface area contributed by atoms with Crippen LogP contribution in [0.5, 0.6) is 0 Å². The second-order valence-corrected chi connectivity index (χ2v) is 2.67. The molecule has 4 nitrogen and oxygen atoms in total. The highest BCUT2D eigenvalue weighted by atomic mass is 15.2. The predicted octanol–water partition coefficient (Wildman–Crippen LogP) is 2.52. The van der Waals surface area contributed by atoms with Gasteiger partial charge in [-0.05, 0) is 12.3 Å². The molecule has 0 bridgehead atoms. The van der Waals surface area contributed by atoms with Crippen molar-refractivity contribution in [3.8, 4) is 0 Å². The lowest BCUT2D eigenvalue weighted by Gasteiger charge is -1.97. The Balaban J connectivity index is 3.16. The van der Waals surface area contributed by atoms with Crippen LogP contribution < -0.4 is 0 Å². The summed E-state index contributed by atoms with van der Waals surface area (Å²) in [5, 5.41) is 14.9. The van der Waals surface area contributed by atoms with E-state index in [4.69, 9.17) is 0 Å². The fraction of sp³-hybridized carbons (Fsp3) is 1.00. The number of azo groups is 2. The molecule has 0 N–H and O–H groups in total. The summed E-state index contributed by atoms with van der Waals surface area (Å²) in [5.41, 5.74) is 0. The molecular formula is C7H16N4. The highest BCUT2D eigenvalue weighted by Gasteiger charge is 1.89. The van der Waals surface area contributed by atoms with Crippen LogP contribution in [0.4, 0.5) is 0 Å². The number of hydrogen-bond acceptors (Lipinski definition) is 4. The zero-order valence-electron chi connectivity index (χ0n) is 7.49. The molecule has 0 spiro atoms. The summed E-state index contributed by atoms with van der Waals surface area (Å²) in [7, 11) is 1.63. The minimum Gasteiger partial charge on any atom is -0.196 e. The van der Waals surface area contributed by atoms with E-state index >= 15 is 0 Å². The van der Waals surface area contributed by atoms with Crippen molar-refractivity contribution in [2.24, 2.45) is 26.4 Å². The van der Waals surface area contributed by atoms with Crippen LogP contribution in [0.2, 0.25) is 0 Å². The molecule has 0 aromatic heterocycles. The fourth-order valence-corrected chi connectivity index (χ4v) is 0.523. The fourth-order valence-electron chi connectivity index (χ4n) is 0.523. The van der Waals surface area contributed by atoms with Gasteiger partial charge < -0.3 is 0 Å². The van der Waals surface area contributed by atoms with Crippen LogP contribution in [0.25, 0.3) is 0 Å². The van der Waals surface area contributed by atoms with Gasteiger partial charge in [-0.1, -0.05) is 13.8 Å². The normalized spacial score (nSPS) is 12.4. The predicted molar refractivity (Wildman–Crippen MR) is 44.8 cm³/mol. The summed E-state index contributed by atoms with van der Waals surface area (Å²) in [6.07, 6.45) is 1.09. The molecule has 0 aliphatic heterocycles. The van der Waals surface area contributed by atoms with Gasteiger partial charge >= 0.3 is 0 Å². The van der Waals surface area contributed by atoms with Crippen LogP contribution in [0, 0.1) is 5.92 Å². The number of hydrogen-bond donors (Lipinski definition) is 0. The van der Waals surface area contributed by atoms with Crippen LogP contribution in [-0.4, -0.2) is 20.3 Å². The Labute approximate surface area is 67.8 Å². The molecule has 0 amide bonds. The van der Waals surface area contributed by atoms with E-state index in [1.54, 1.807) is 7.05 Å². The van der Waals surface area contributed by atoms with Gasteiger partial charge in [0.15, 0.2) is 6.67 Å². The van der Waals surface area contributed by atoms with Gasteiger partial charge in [-0.2, -0.15) is 20.5 Å². The molecule has 0 rings (SSSR count). The molecule has 0 aromatic carbocycles. The summed E-state index contributed by atoms with van der Waals surface area (Å²) in [6, 6.07) is 0. The third-order valence-electron chi connectivity index (χ3n) is 1.17. The number of nitrogens with zero attached hydrogens (tertiary/aromatic N) is 4. The maximum Gasteiger partial charge on any atom is 0.170 e. The maximum atomic E-state index is 3.92. The van der Waals surface area contributed by atoms with Gasteiger partial charge in [0.05, 0.1) is 6.54 Å². The molecule has 0 saturated carbocycles. The molecule has 0 fully saturated rings. The molecule has 0 aliphatic rings. The van der Waals surface area contributed by atoms with Crippen molar-refractivity contribution in [1.29, 1.82) is 0 Å². The van der Waals surface area contributed by atoms with Gasteiger partial charge in [-0.15, -0.1) is 0 Å².